The van der Waals surface area contributed by atoms with Crippen molar-refractivity contribution in [1.82, 2.24) is 0 Å². The zero-order valence-corrected chi connectivity index (χ0v) is 13.6. The van der Waals surface area contributed by atoms with E-state index < -0.39 is 0 Å². The Kier molecular flexibility index (Phi) is 9.60. The number of carbonyl (C=O) groups excluding carboxylic acids is 1. The van der Waals surface area contributed by atoms with Crippen molar-refractivity contribution >= 4 is 5.97 Å². The number of hydrogen-bond donors (Lipinski definition) is 0. The Morgan fingerprint density at radius 1 is 0.905 bits per heavy atom. The molecular weight excluding hydrogens is 260 g/mol. The van der Waals surface area contributed by atoms with Crippen LogP contribution in [0.2, 0.25) is 0 Å². The first-order chi connectivity index (χ1) is 10.3. The van der Waals surface area contributed by atoms with Crippen molar-refractivity contribution in [2.45, 2.75) is 77.7 Å². The molecule has 1 aromatic rings. The fraction of sp³-hybridized carbons (Fsp3) is 0.632. The molecule has 0 N–H and O–H groups in total. The summed E-state index contributed by atoms with van der Waals surface area (Å²) in [6.45, 7) is 4.38. The van der Waals surface area contributed by atoms with E-state index in [0.717, 1.165) is 25.7 Å². The van der Waals surface area contributed by atoms with Crippen LogP contribution in [-0.4, -0.2) is 12.1 Å². The molecule has 0 heterocycles. The largest absolute Gasteiger partial charge is 0.459 e. The molecule has 0 saturated heterocycles. The van der Waals surface area contributed by atoms with Gasteiger partial charge < -0.3 is 4.74 Å². The average molecular weight is 290 g/mol. The van der Waals surface area contributed by atoms with Crippen LogP contribution in [0.1, 0.15) is 82.0 Å². The molecule has 0 aliphatic heterocycles. The Labute approximate surface area is 129 Å². The molecule has 0 radical (unpaired) electrons. The van der Waals surface area contributed by atoms with Gasteiger partial charge in [0.2, 0.25) is 0 Å². The Morgan fingerprint density at radius 2 is 1.57 bits per heavy atom. The Hall–Kier alpha value is -1.31. The van der Waals surface area contributed by atoms with E-state index in [1.54, 1.807) is 0 Å². The molecule has 0 aliphatic carbocycles. The van der Waals surface area contributed by atoms with E-state index >= 15 is 0 Å². The first-order valence-electron chi connectivity index (χ1n) is 8.54. The summed E-state index contributed by atoms with van der Waals surface area (Å²) in [6, 6.07) is 9.29. The Morgan fingerprint density at radius 3 is 2.24 bits per heavy atom. The molecule has 0 aliphatic rings. The van der Waals surface area contributed by atoms with Crippen LogP contribution in [0.15, 0.2) is 30.3 Å². The number of benzene rings is 1. The number of esters is 1. The number of ether oxygens (including phenoxy) is 1. The van der Waals surface area contributed by atoms with E-state index in [9.17, 15) is 4.79 Å². The van der Waals surface area contributed by atoms with Crippen LogP contribution in [0.5, 0.6) is 0 Å². The highest BCUT2D eigenvalue weighted by Gasteiger charge is 2.14. The molecule has 118 valence electrons. The van der Waals surface area contributed by atoms with Crippen LogP contribution >= 0.6 is 0 Å². The lowest BCUT2D eigenvalue weighted by Gasteiger charge is -2.17. The van der Waals surface area contributed by atoms with Gasteiger partial charge in [0.25, 0.3) is 0 Å². The first kappa shape index (κ1) is 17.7. The van der Waals surface area contributed by atoms with Crippen molar-refractivity contribution in [1.29, 1.82) is 0 Å². The first-order valence-corrected chi connectivity index (χ1v) is 8.54. The minimum Gasteiger partial charge on any atom is -0.459 e. The monoisotopic (exact) mass is 290 g/mol. The zero-order valence-electron chi connectivity index (χ0n) is 13.6. The molecule has 1 unspecified atom stereocenters. The van der Waals surface area contributed by atoms with E-state index in [2.05, 4.69) is 13.8 Å². The van der Waals surface area contributed by atoms with Gasteiger partial charge in [0.05, 0.1) is 5.56 Å². The average Bonchev–Trinajstić information content (AvgIpc) is 2.51. The normalized spacial score (nSPS) is 12.1. The van der Waals surface area contributed by atoms with Gasteiger partial charge in [-0.1, -0.05) is 70.6 Å². The summed E-state index contributed by atoms with van der Waals surface area (Å²) in [5, 5.41) is 0. The maximum absolute atomic E-state index is 12.1. The van der Waals surface area contributed by atoms with Crippen molar-refractivity contribution in [3.05, 3.63) is 35.9 Å². The maximum Gasteiger partial charge on any atom is 0.338 e. The summed E-state index contributed by atoms with van der Waals surface area (Å²) in [7, 11) is 0. The molecule has 0 spiro atoms. The second-order valence-electron chi connectivity index (χ2n) is 5.74. The van der Waals surface area contributed by atoms with Gasteiger partial charge in [-0.05, 0) is 31.4 Å². The predicted molar refractivity (Wildman–Crippen MR) is 88.5 cm³/mol. The number of rotatable bonds is 11. The molecule has 1 rings (SSSR count). The Balaban J connectivity index is 2.30. The highest BCUT2D eigenvalue weighted by atomic mass is 16.5. The lowest BCUT2D eigenvalue weighted by Crippen LogP contribution is -2.18. The van der Waals surface area contributed by atoms with Gasteiger partial charge >= 0.3 is 5.97 Å². The van der Waals surface area contributed by atoms with Crippen molar-refractivity contribution in [3.8, 4) is 0 Å². The summed E-state index contributed by atoms with van der Waals surface area (Å²) in [5.41, 5.74) is 0.654. The lowest BCUT2D eigenvalue weighted by molar-refractivity contribution is 0.0253. The molecule has 1 aromatic carbocycles. The maximum atomic E-state index is 12.1. The van der Waals surface area contributed by atoms with Gasteiger partial charge in [-0.3, -0.25) is 0 Å². The van der Waals surface area contributed by atoms with Gasteiger partial charge in [0.15, 0.2) is 0 Å². The summed E-state index contributed by atoms with van der Waals surface area (Å²) >= 11 is 0. The van der Waals surface area contributed by atoms with Crippen LogP contribution < -0.4 is 0 Å². The number of unbranched alkanes of at least 4 members (excludes halogenated alkanes) is 5. The molecule has 0 bridgehead atoms. The van der Waals surface area contributed by atoms with Crippen LogP contribution in [0.25, 0.3) is 0 Å². The summed E-state index contributed by atoms with van der Waals surface area (Å²) < 4.78 is 5.67. The molecule has 21 heavy (non-hydrogen) atoms. The molecule has 1 atom stereocenters. The number of hydrogen-bond acceptors (Lipinski definition) is 2. The predicted octanol–water partition coefficient (Wildman–Crippen LogP) is 5.76. The molecule has 0 fully saturated rings. The molecule has 0 amide bonds. The van der Waals surface area contributed by atoms with Gasteiger partial charge in [-0.25, -0.2) is 4.79 Å². The summed E-state index contributed by atoms with van der Waals surface area (Å²) in [6.07, 6.45) is 10.8. The smallest absolute Gasteiger partial charge is 0.338 e. The van der Waals surface area contributed by atoms with Crippen molar-refractivity contribution in [2.24, 2.45) is 0 Å². The van der Waals surface area contributed by atoms with E-state index in [1.807, 2.05) is 30.3 Å². The van der Waals surface area contributed by atoms with Gasteiger partial charge in [0, 0.05) is 0 Å². The third-order valence-corrected chi connectivity index (χ3v) is 3.77. The third-order valence-electron chi connectivity index (χ3n) is 3.77. The van der Waals surface area contributed by atoms with Crippen LogP contribution in [-0.2, 0) is 4.74 Å². The van der Waals surface area contributed by atoms with E-state index in [-0.39, 0.29) is 12.1 Å². The summed E-state index contributed by atoms with van der Waals surface area (Å²) in [5.74, 6) is -0.181. The van der Waals surface area contributed by atoms with E-state index in [4.69, 9.17) is 4.74 Å². The fourth-order valence-corrected chi connectivity index (χ4v) is 2.53. The molecule has 2 heteroatoms. The van der Waals surface area contributed by atoms with Crippen LogP contribution in [0.3, 0.4) is 0 Å². The summed E-state index contributed by atoms with van der Waals surface area (Å²) in [4.78, 5) is 12.1. The fourth-order valence-electron chi connectivity index (χ4n) is 2.53. The number of carbonyl (C=O) groups is 1. The minimum absolute atomic E-state index is 0.0777. The molecule has 0 saturated carbocycles. The Bertz CT molecular complexity index is 372. The van der Waals surface area contributed by atoms with Gasteiger partial charge in [-0.2, -0.15) is 0 Å². The van der Waals surface area contributed by atoms with E-state index in [0.29, 0.717) is 5.56 Å². The molecule has 2 nitrogen and oxygen atoms in total. The SMILES string of the molecule is CCCCCCCCC(CCC)OC(=O)c1ccccc1. The quantitative estimate of drug-likeness (QED) is 0.382. The zero-order chi connectivity index (χ0) is 15.3. The second-order valence-corrected chi connectivity index (χ2v) is 5.74. The third kappa shape index (κ3) is 7.89. The highest BCUT2D eigenvalue weighted by molar-refractivity contribution is 5.89. The lowest BCUT2D eigenvalue weighted by atomic mass is 10.0. The van der Waals surface area contributed by atoms with Gasteiger partial charge in [0.1, 0.15) is 6.10 Å². The van der Waals surface area contributed by atoms with Crippen molar-refractivity contribution in [3.63, 3.8) is 0 Å². The molecule has 0 aromatic heterocycles. The second kappa shape index (κ2) is 11.4. The topological polar surface area (TPSA) is 26.3 Å². The van der Waals surface area contributed by atoms with Crippen LogP contribution in [0, 0.1) is 0 Å². The van der Waals surface area contributed by atoms with Crippen LogP contribution in [0.4, 0.5) is 0 Å². The van der Waals surface area contributed by atoms with Gasteiger partial charge in [-0.15, -0.1) is 0 Å². The van der Waals surface area contributed by atoms with E-state index in [1.165, 1.54) is 32.1 Å². The standard InChI is InChI=1S/C19H30O2/c1-3-5-6-7-8-12-16-18(13-4-2)21-19(20)17-14-10-9-11-15-17/h9-11,14-15,18H,3-8,12-13,16H2,1-2H3. The van der Waals surface area contributed by atoms with Crippen molar-refractivity contribution < 1.29 is 9.53 Å². The molecular formula is C19H30O2. The minimum atomic E-state index is -0.181. The highest BCUT2D eigenvalue weighted by Crippen LogP contribution is 2.16. The van der Waals surface area contributed by atoms with Crippen molar-refractivity contribution in [2.75, 3.05) is 0 Å².